The molecule has 2 amide bonds. The van der Waals surface area contributed by atoms with E-state index in [-0.39, 0.29) is 18.4 Å². The molecule has 150 valence electrons. The Balaban J connectivity index is 1.79. The van der Waals surface area contributed by atoms with E-state index in [4.69, 9.17) is 21.7 Å². The van der Waals surface area contributed by atoms with Crippen LogP contribution in [-0.4, -0.2) is 41.4 Å². The molecule has 1 saturated heterocycles. The van der Waals surface area contributed by atoms with E-state index in [1.165, 1.54) is 23.8 Å². The molecule has 0 unspecified atom stereocenters. The number of pyridine rings is 1. The number of nitrogens with one attached hydrogen (secondary N) is 1. The van der Waals surface area contributed by atoms with Crippen LogP contribution in [0.5, 0.6) is 11.5 Å². The van der Waals surface area contributed by atoms with Gasteiger partial charge in [0.15, 0.2) is 22.4 Å². The van der Waals surface area contributed by atoms with Crippen LogP contribution in [0.4, 0.5) is 5.69 Å². The minimum Gasteiger partial charge on any atom is -0.493 e. The Morgan fingerprint density at radius 3 is 2.86 bits per heavy atom. The number of thioether (sulfide) groups is 1. The molecule has 0 bridgehead atoms. The second-order valence-corrected chi connectivity index (χ2v) is 7.56. The largest absolute Gasteiger partial charge is 0.493 e. The molecule has 29 heavy (non-hydrogen) atoms. The van der Waals surface area contributed by atoms with Gasteiger partial charge in [-0.05, 0) is 42.8 Å². The van der Waals surface area contributed by atoms with Crippen molar-refractivity contribution in [3.63, 3.8) is 0 Å². The summed E-state index contributed by atoms with van der Waals surface area (Å²) in [4.78, 5) is 30.4. The molecule has 0 radical (unpaired) electrons. The van der Waals surface area contributed by atoms with E-state index in [1.54, 1.807) is 48.8 Å². The highest BCUT2D eigenvalue weighted by Crippen LogP contribution is 2.36. The number of amides is 2. The maximum absolute atomic E-state index is 12.8. The lowest BCUT2D eigenvalue weighted by Gasteiger charge is -2.13. The van der Waals surface area contributed by atoms with E-state index < -0.39 is 0 Å². The zero-order chi connectivity index (χ0) is 20.8. The van der Waals surface area contributed by atoms with Gasteiger partial charge in [-0.2, -0.15) is 0 Å². The van der Waals surface area contributed by atoms with Gasteiger partial charge in [-0.25, -0.2) is 0 Å². The summed E-state index contributed by atoms with van der Waals surface area (Å²) in [5, 5.41) is 2.66. The van der Waals surface area contributed by atoms with Crippen LogP contribution in [-0.2, 0) is 9.59 Å². The van der Waals surface area contributed by atoms with Gasteiger partial charge in [0, 0.05) is 12.7 Å². The highest BCUT2D eigenvalue weighted by Gasteiger charge is 2.33. The van der Waals surface area contributed by atoms with Gasteiger partial charge in [0.05, 0.1) is 23.9 Å². The third kappa shape index (κ3) is 4.93. The van der Waals surface area contributed by atoms with Gasteiger partial charge in [-0.1, -0.05) is 30.0 Å². The van der Waals surface area contributed by atoms with Crippen LogP contribution in [0, 0.1) is 0 Å². The van der Waals surface area contributed by atoms with Crippen molar-refractivity contribution < 1.29 is 19.1 Å². The Labute approximate surface area is 178 Å². The average Bonchev–Trinajstić information content (AvgIpc) is 3.00. The van der Waals surface area contributed by atoms with Gasteiger partial charge in [-0.3, -0.25) is 19.5 Å². The van der Waals surface area contributed by atoms with Crippen molar-refractivity contribution >= 4 is 51.9 Å². The summed E-state index contributed by atoms with van der Waals surface area (Å²) < 4.78 is 11.3. The molecule has 7 nitrogen and oxygen atoms in total. The quantitative estimate of drug-likeness (QED) is 0.535. The molecule has 1 aliphatic heterocycles. The molecule has 3 rings (SSSR count). The maximum atomic E-state index is 12.8. The van der Waals surface area contributed by atoms with Gasteiger partial charge in [0.1, 0.15) is 0 Å². The zero-order valence-corrected chi connectivity index (χ0v) is 17.5. The van der Waals surface area contributed by atoms with Crippen molar-refractivity contribution in [1.82, 2.24) is 10.3 Å². The Hall–Kier alpha value is -2.91. The standard InChI is InChI=1S/C20H19N3O4S2/c1-3-22-18(24)12-27-15-7-6-13(9-16(15)26-2)10-17-19(25)23(20(28)29-17)14-5-4-8-21-11-14/h4-11H,3,12H2,1-2H3,(H,22,24)/b17-10-. The van der Waals surface area contributed by atoms with Crippen molar-refractivity contribution in [2.45, 2.75) is 6.92 Å². The van der Waals surface area contributed by atoms with E-state index >= 15 is 0 Å². The van der Waals surface area contributed by atoms with Crippen molar-refractivity contribution in [2.24, 2.45) is 0 Å². The lowest BCUT2D eigenvalue weighted by molar-refractivity contribution is -0.123. The van der Waals surface area contributed by atoms with Crippen molar-refractivity contribution in [2.75, 3.05) is 25.2 Å². The smallest absolute Gasteiger partial charge is 0.270 e. The Morgan fingerprint density at radius 1 is 1.34 bits per heavy atom. The molecule has 0 saturated carbocycles. The van der Waals surface area contributed by atoms with Crippen LogP contribution in [0.3, 0.4) is 0 Å². The number of methoxy groups -OCH3 is 1. The molecular formula is C20H19N3O4S2. The molecule has 2 aromatic rings. The van der Waals surface area contributed by atoms with Crippen molar-refractivity contribution in [3.8, 4) is 11.5 Å². The van der Waals surface area contributed by atoms with E-state index in [9.17, 15) is 9.59 Å². The predicted octanol–water partition coefficient (Wildman–Crippen LogP) is 3.01. The molecule has 1 aromatic carbocycles. The van der Waals surface area contributed by atoms with Crippen LogP contribution in [0.2, 0.25) is 0 Å². The molecule has 0 aliphatic carbocycles. The molecule has 0 atom stereocenters. The summed E-state index contributed by atoms with van der Waals surface area (Å²) in [6.45, 7) is 2.27. The Morgan fingerprint density at radius 2 is 2.17 bits per heavy atom. The van der Waals surface area contributed by atoms with Gasteiger partial charge >= 0.3 is 0 Å². The number of aromatic nitrogens is 1. The molecule has 1 aromatic heterocycles. The van der Waals surface area contributed by atoms with Gasteiger partial charge in [0.25, 0.3) is 11.8 Å². The average molecular weight is 430 g/mol. The molecule has 2 heterocycles. The minimum absolute atomic E-state index is 0.104. The minimum atomic E-state index is -0.210. The van der Waals surface area contributed by atoms with Crippen LogP contribution >= 0.6 is 24.0 Å². The number of hydrogen-bond donors (Lipinski definition) is 1. The molecule has 9 heteroatoms. The molecule has 1 fully saturated rings. The van der Waals surface area contributed by atoms with Crippen LogP contribution in [0.15, 0.2) is 47.6 Å². The number of likely N-dealkylation sites (N-methyl/N-ethyl adjacent to an activating group) is 1. The number of carbonyl (C=O) groups excluding carboxylic acids is 2. The number of thiocarbonyl (C=S) groups is 1. The first-order valence-corrected chi connectivity index (χ1v) is 10.0. The highest BCUT2D eigenvalue weighted by molar-refractivity contribution is 8.27. The van der Waals surface area contributed by atoms with E-state index in [1.807, 2.05) is 6.92 Å². The first-order valence-electron chi connectivity index (χ1n) is 8.79. The van der Waals surface area contributed by atoms with E-state index in [0.29, 0.717) is 33.0 Å². The molecular weight excluding hydrogens is 410 g/mol. The molecule has 1 N–H and O–H groups in total. The van der Waals surface area contributed by atoms with Gasteiger partial charge in [-0.15, -0.1) is 0 Å². The summed E-state index contributed by atoms with van der Waals surface area (Å²) in [7, 11) is 1.51. The maximum Gasteiger partial charge on any atom is 0.270 e. The number of carbonyl (C=O) groups is 2. The summed E-state index contributed by atoms with van der Waals surface area (Å²) in [5.41, 5.74) is 1.38. The van der Waals surface area contributed by atoms with Crippen molar-refractivity contribution in [3.05, 3.63) is 53.2 Å². The van der Waals surface area contributed by atoms with Gasteiger partial charge in [0.2, 0.25) is 0 Å². The lowest BCUT2D eigenvalue weighted by atomic mass is 10.2. The number of rotatable bonds is 7. The number of hydrogen-bond acceptors (Lipinski definition) is 7. The zero-order valence-electron chi connectivity index (χ0n) is 15.9. The third-order valence-electron chi connectivity index (χ3n) is 3.92. The fourth-order valence-corrected chi connectivity index (χ4v) is 3.91. The third-order valence-corrected chi connectivity index (χ3v) is 5.22. The molecule has 0 spiro atoms. The monoisotopic (exact) mass is 429 g/mol. The van der Waals surface area contributed by atoms with Crippen LogP contribution in [0.25, 0.3) is 6.08 Å². The van der Waals surface area contributed by atoms with Crippen LogP contribution < -0.4 is 19.7 Å². The summed E-state index contributed by atoms with van der Waals surface area (Å²) >= 11 is 6.58. The number of benzene rings is 1. The fraction of sp³-hybridized carbons (Fsp3) is 0.200. The van der Waals surface area contributed by atoms with E-state index in [2.05, 4.69) is 10.3 Å². The SMILES string of the molecule is CCNC(=O)COc1ccc(/C=C2\SC(=S)N(c3cccnc3)C2=O)cc1OC. The lowest BCUT2D eigenvalue weighted by Crippen LogP contribution is -2.28. The Kier molecular flexibility index (Phi) is 6.84. The summed E-state index contributed by atoms with van der Waals surface area (Å²) in [5.74, 6) is 0.492. The summed E-state index contributed by atoms with van der Waals surface area (Å²) in [6.07, 6.45) is 4.97. The first-order chi connectivity index (χ1) is 14.0. The first kappa shape index (κ1) is 20.8. The summed E-state index contributed by atoms with van der Waals surface area (Å²) in [6, 6.07) is 8.76. The fourth-order valence-electron chi connectivity index (χ4n) is 2.61. The number of anilines is 1. The van der Waals surface area contributed by atoms with E-state index in [0.717, 1.165) is 5.56 Å². The second kappa shape index (κ2) is 9.53. The second-order valence-electron chi connectivity index (χ2n) is 5.88. The van der Waals surface area contributed by atoms with Gasteiger partial charge < -0.3 is 14.8 Å². The Bertz CT molecular complexity index is 963. The van der Waals surface area contributed by atoms with Crippen LogP contribution in [0.1, 0.15) is 12.5 Å². The topological polar surface area (TPSA) is 80.8 Å². The number of nitrogens with zero attached hydrogens (tertiary/aromatic N) is 2. The predicted molar refractivity (Wildman–Crippen MR) is 117 cm³/mol. The highest BCUT2D eigenvalue weighted by atomic mass is 32.2. The van der Waals surface area contributed by atoms with Crippen molar-refractivity contribution in [1.29, 1.82) is 0 Å². The number of ether oxygens (including phenoxy) is 2. The molecule has 1 aliphatic rings. The normalized spacial score (nSPS) is 15.0.